The molecule has 3 aromatic rings. The Morgan fingerprint density at radius 3 is 1.88 bits per heavy atom. The van der Waals surface area contributed by atoms with Gasteiger partial charge in [0, 0.05) is 0 Å². The molecule has 0 saturated heterocycles. The Kier molecular flexibility index (Phi) is 11.0. The summed E-state index contributed by atoms with van der Waals surface area (Å²) in [5.74, 6) is -13.0. The van der Waals surface area contributed by atoms with Crippen LogP contribution in [0.15, 0.2) is 41.3 Å². The normalized spacial score (nSPS) is 12.1. The van der Waals surface area contributed by atoms with E-state index in [1.807, 2.05) is 12.1 Å². The van der Waals surface area contributed by atoms with Gasteiger partial charge in [-0.3, -0.25) is 0 Å². The van der Waals surface area contributed by atoms with Crippen LogP contribution in [0.5, 0.6) is 11.5 Å². The predicted molar refractivity (Wildman–Crippen MR) is 152 cm³/mol. The van der Waals surface area contributed by atoms with Gasteiger partial charge in [-0.2, -0.15) is 8.78 Å². The largest absolute Gasteiger partial charge is 0.744 e. The first-order chi connectivity index (χ1) is 19.2. The highest BCUT2D eigenvalue weighted by Crippen LogP contribution is 2.34. The van der Waals surface area contributed by atoms with E-state index in [1.165, 1.54) is 12.1 Å². The molecule has 220 valence electrons. The lowest BCUT2D eigenvalue weighted by Gasteiger charge is -2.15. The summed E-state index contributed by atoms with van der Waals surface area (Å²) in [4.78, 5) is 22.4. The third-order valence-corrected chi connectivity index (χ3v) is 8.21. The minimum absolute atomic E-state index is 0.0591. The maximum absolute atomic E-state index is 14.2. The zero-order chi connectivity index (χ0) is 30.6. The molecule has 8 nitrogen and oxygen atoms in total. The van der Waals surface area contributed by atoms with Crippen LogP contribution in [-0.4, -0.2) is 38.1 Å². The third kappa shape index (κ3) is 7.66. The summed E-state index contributed by atoms with van der Waals surface area (Å²) in [7, 11) is -5.92. The van der Waals surface area contributed by atoms with Gasteiger partial charge in [0.25, 0.3) is 0 Å². The van der Waals surface area contributed by atoms with Crippen molar-refractivity contribution >= 4 is 67.2 Å². The van der Waals surface area contributed by atoms with E-state index in [0.29, 0.717) is 18.6 Å². The van der Waals surface area contributed by atoms with Gasteiger partial charge >= 0.3 is 11.9 Å². The van der Waals surface area contributed by atoms with Gasteiger partial charge in [-0.25, -0.2) is 26.8 Å². The van der Waals surface area contributed by atoms with E-state index >= 15 is 0 Å². The average molecular weight is 821 g/mol. The molecule has 0 N–H and O–H groups in total. The van der Waals surface area contributed by atoms with E-state index in [4.69, 9.17) is 9.47 Å². The number of rotatable bonds is 10. The minimum atomic E-state index is -5.92. The Morgan fingerprint density at radius 2 is 1.39 bits per heavy atom. The standard InChI is InChI=1S/C26H20F4I2O8S/c1-3-12(2)13-4-6-14(7-5-13)25(33)39-9-8-38-22-16(31)10-15(11-17(22)32)26(34)40-23-18(27)20(29)24(41(35,36)37)21(30)19(23)28/h4-7,10-12H,3,8-9H2,1-2H3,(H,35,36,37)/p-1. The zero-order valence-corrected chi connectivity index (χ0v) is 26.2. The molecule has 0 aliphatic carbocycles. The molecule has 3 aromatic carbocycles. The quantitative estimate of drug-likeness (QED) is 0.0444. The Balaban J connectivity index is 1.67. The van der Waals surface area contributed by atoms with Crippen molar-refractivity contribution in [2.45, 2.75) is 31.1 Å². The van der Waals surface area contributed by atoms with Crippen molar-refractivity contribution in [3.8, 4) is 11.5 Å². The molecule has 0 aliphatic heterocycles. The second-order valence-electron chi connectivity index (χ2n) is 8.44. The topological polar surface area (TPSA) is 119 Å². The van der Waals surface area contributed by atoms with Crippen LogP contribution in [0.2, 0.25) is 0 Å². The second-order valence-corrected chi connectivity index (χ2v) is 12.1. The molecule has 0 aromatic heterocycles. The van der Waals surface area contributed by atoms with Crippen LogP contribution < -0.4 is 9.47 Å². The molecule has 0 radical (unpaired) electrons. The fraction of sp³-hybridized carbons (Fsp3) is 0.231. The number of carbonyl (C=O) groups is 2. The van der Waals surface area contributed by atoms with Crippen molar-refractivity contribution in [2.75, 3.05) is 13.2 Å². The van der Waals surface area contributed by atoms with Crippen molar-refractivity contribution < 1.29 is 54.3 Å². The molecule has 0 fully saturated rings. The summed E-state index contributed by atoms with van der Waals surface area (Å²) in [6, 6.07) is 9.44. The first-order valence-electron chi connectivity index (χ1n) is 11.6. The van der Waals surface area contributed by atoms with Gasteiger partial charge in [-0.1, -0.05) is 26.0 Å². The Bertz CT molecular complexity index is 1550. The number of hydrogen-bond donors (Lipinski definition) is 0. The van der Waals surface area contributed by atoms with E-state index in [1.54, 1.807) is 57.3 Å². The Morgan fingerprint density at radius 1 is 0.854 bits per heavy atom. The lowest BCUT2D eigenvalue weighted by Crippen LogP contribution is -2.17. The van der Waals surface area contributed by atoms with E-state index in [-0.39, 0.29) is 24.5 Å². The van der Waals surface area contributed by atoms with Crippen LogP contribution in [0.4, 0.5) is 17.6 Å². The number of hydrogen-bond acceptors (Lipinski definition) is 8. The fourth-order valence-corrected chi connectivity index (χ4v) is 6.11. The lowest BCUT2D eigenvalue weighted by atomic mass is 9.98. The number of halogens is 6. The molecule has 0 bridgehead atoms. The van der Waals surface area contributed by atoms with Gasteiger partial charge in [0.15, 0.2) is 11.6 Å². The van der Waals surface area contributed by atoms with E-state index in [0.717, 1.165) is 12.0 Å². The van der Waals surface area contributed by atoms with Gasteiger partial charge in [-0.05, 0) is 87.3 Å². The molecule has 0 heterocycles. The highest BCUT2D eigenvalue weighted by molar-refractivity contribution is 14.1. The number of benzene rings is 3. The van der Waals surface area contributed by atoms with Crippen LogP contribution in [0.3, 0.4) is 0 Å². The van der Waals surface area contributed by atoms with Gasteiger partial charge in [-0.15, -0.1) is 0 Å². The van der Waals surface area contributed by atoms with Crippen molar-refractivity contribution in [1.29, 1.82) is 0 Å². The average Bonchev–Trinajstić information content (AvgIpc) is 2.92. The molecule has 1 unspecified atom stereocenters. The lowest BCUT2D eigenvalue weighted by molar-refractivity contribution is 0.0449. The van der Waals surface area contributed by atoms with Crippen LogP contribution in [0.25, 0.3) is 0 Å². The van der Waals surface area contributed by atoms with Crippen molar-refractivity contribution in [3.63, 3.8) is 0 Å². The first kappa shape index (κ1) is 33.0. The number of esters is 2. The summed E-state index contributed by atoms with van der Waals surface area (Å²) in [6.45, 7) is 3.98. The van der Waals surface area contributed by atoms with Crippen LogP contribution >= 0.6 is 45.2 Å². The highest BCUT2D eigenvalue weighted by atomic mass is 127. The fourth-order valence-electron chi connectivity index (χ4n) is 3.41. The molecule has 3 rings (SSSR count). The summed E-state index contributed by atoms with van der Waals surface area (Å²) in [5.41, 5.74) is 1.17. The van der Waals surface area contributed by atoms with Gasteiger partial charge in [0.2, 0.25) is 17.4 Å². The van der Waals surface area contributed by atoms with Crippen molar-refractivity contribution in [2.24, 2.45) is 0 Å². The second kappa shape index (κ2) is 13.6. The Labute approximate surface area is 259 Å². The van der Waals surface area contributed by atoms with Crippen molar-refractivity contribution in [3.05, 3.63) is 83.5 Å². The molecule has 0 saturated carbocycles. The third-order valence-electron chi connectivity index (χ3n) is 5.75. The molecule has 41 heavy (non-hydrogen) atoms. The van der Waals surface area contributed by atoms with Gasteiger partial charge < -0.3 is 18.8 Å². The molecule has 0 aliphatic rings. The Hall–Kier alpha value is -2.51. The first-order valence-corrected chi connectivity index (χ1v) is 15.2. The smallest absolute Gasteiger partial charge is 0.343 e. The minimum Gasteiger partial charge on any atom is -0.744 e. The van der Waals surface area contributed by atoms with Gasteiger partial charge in [0.1, 0.15) is 34.0 Å². The predicted octanol–water partition coefficient (Wildman–Crippen LogP) is 6.32. The van der Waals surface area contributed by atoms with Crippen LogP contribution in [0, 0.1) is 30.4 Å². The summed E-state index contributed by atoms with van der Waals surface area (Å²) in [5, 5.41) is 0. The zero-order valence-electron chi connectivity index (χ0n) is 21.1. The molecular weight excluding hydrogens is 802 g/mol. The highest BCUT2D eigenvalue weighted by Gasteiger charge is 2.31. The van der Waals surface area contributed by atoms with Gasteiger partial charge in [0.05, 0.1) is 18.3 Å². The van der Waals surface area contributed by atoms with Crippen molar-refractivity contribution in [1.82, 2.24) is 0 Å². The molecule has 0 spiro atoms. The van der Waals surface area contributed by atoms with Crippen LogP contribution in [0.1, 0.15) is 52.5 Å². The summed E-state index contributed by atoms with van der Waals surface area (Å²) < 4.78 is 105. The molecule has 15 heteroatoms. The molecule has 0 amide bonds. The summed E-state index contributed by atoms with van der Waals surface area (Å²) >= 11 is 3.57. The number of ether oxygens (including phenoxy) is 3. The summed E-state index contributed by atoms with van der Waals surface area (Å²) in [6.07, 6.45) is 0.962. The van der Waals surface area contributed by atoms with E-state index < -0.39 is 56.0 Å². The SMILES string of the molecule is CCC(C)c1ccc(C(=O)OCCOc2c(I)cc(C(=O)Oc3c(F)c(F)c(S(=O)(=O)[O-])c(F)c3F)cc2I)cc1. The number of carbonyl (C=O) groups excluding carboxylic acids is 2. The maximum Gasteiger partial charge on any atom is 0.343 e. The molecular formula is C26H19F4I2O8S-. The maximum atomic E-state index is 14.2. The van der Waals surface area contributed by atoms with Crippen LogP contribution in [-0.2, 0) is 14.9 Å². The van der Waals surface area contributed by atoms with E-state index in [9.17, 15) is 40.1 Å². The van der Waals surface area contributed by atoms with E-state index in [2.05, 4.69) is 18.6 Å². The molecule has 1 atom stereocenters. The monoisotopic (exact) mass is 821 g/mol.